The molecule has 1 aliphatic rings. The van der Waals surface area contributed by atoms with Gasteiger partial charge in [0.1, 0.15) is 5.01 Å². The van der Waals surface area contributed by atoms with E-state index in [1.807, 2.05) is 6.92 Å². The number of rotatable bonds is 4. The molecule has 0 bridgehead atoms. The molecule has 18 heavy (non-hydrogen) atoms. The third kappa shape index (κ3) is 3.77. The normalized spacial score (nSPS) is 26.8. The van der Waals surface area contributed by atoms with Gasteiger partial charge in [0.15, 0.2) is 0 Å². The predicted octanol–water partition coefficient (Wildman–Crippen LogP) is 3.01. The maximum atomic E-state index is 6.25. The van der Waals surface area contributed by atoms with Gasteiger partial charge in [0.25, 0.3) is 0 Å². The number of aromatic nitrogens is 1. The lowest BCUT2D eigenvalue weighted by atomic mass is 9.95. The highest BCUT2D eigenvalue weighted by Gasteiger charge is 2.21. The zero-order valence-corrected chi connectivity index (χ0v) is 12.3. The van der Waals surface area contributed by atoms with Crippen molar-refractivity contribution in [3.63, 3.8) is 0 Å². The Kier molecular flexibility index (Phi) is 5.15. The number of nitrogens with one attached hydrogen (secondary N) is 1. The number of hydrogen-bond acceptors (Lipinski definition) is 4. The van der Waals surface area contributed by atoms with Gasteiger partial charge in [0, 0.05) is 23.7 Å². The molecule has 0 aromatic carbocycles. The fourth-order valence-corrected chi connectivity index (χ4v) is 3.48. The van der Waals surface area contributed by atoms with E-state index in [0.29, 0.717) is 18.0 Å². The molecule has 1 aliphatic carbocycles. The highest BCUT2D eigenvalue weighted by Crippen LogP contribution is 2.23. The minimum Gasteiger partial charge on any atom is -0.327 e. The molecule has 102 valence electrons. The van der Waals surface area contributed by atoms with Crippen molar-refractivity contribution >= 4 is 11.3 Å². The molecule has 1 aromatic rings. The van der Waals surface area contributed by atoms with Gasteiger partial charge >= 0.3 is 0 Å². The largest absolute Gasteiger partial charge is 0.327 e. The van der Waals surface area contributed by atoms with Gasteiger partial charge < -0.3 is 11.1 Å². The van der Waals surface area contributed by atoms with E-state index in [1.54, 1.807) is 11.3 Å². The van der Waals surface area contributed by atoms with Crippen LogP contribution in [0, 0.1) is 12.8 Å². The summed E-state index contributed by atoms with van der Waals surface area (Å²) in [6.07, 6.45) is 6.46. The zero-order chi connectivity index (χ0) is 13.0. The van der Waals surface area contributed by atoms with Crippen LogP contribution in [-0.4, -0.2) is 17.6 Å². The van der Waals surface area contributed by atoms with Gasteiger partial charge in [-0.15, -0.1) is 11.3 Å². The van der Waals surface area contributed by atoms with E-state index in [1.165, 1.54) is 37.1 Å². The van der Waals surface area contributed by atoms with Gasteiger partial charge in [-0.3, -0.25) is 0 Å². The van der Waals surface area contributed by atoms with E-state index in [4.69, 9.17) is 5.73 Å². The molecule has 0 radical (unpaired) electrons. The molecule has 1 saturated carbocycles. The lowest BCUT2D eigenvalue weighted by molar-refractivity contribution is 0.359. The Morgan fingerprint density at radius 2 is 2.22 bits per heavy atom. The quantitative estimate of drug-likeness (QED) is 0.825. The summed E-state index contributed by atoms with van der Waals surface area (Å²) in [5.41, 5.74) is 7.38. The molecule has 2 rings (SSSR count). The molecule has 3 atom stereocenters. The standard InChI is InChI=1S/C14H25N3S/c1-10-9-18-14(17-10)11(2)16-8-12-6-4-3-5-7-13(12)15/h9,11-13,16H,3-8,15H2,1-2H3. The first-order valence-corrected chi connectivity index (χ1v) is 7.96. The highest BCUT2D eigenvalue weighted by molar-refractivity contribution is 7.09. The molecule has 4 heteroatoms. The molecule has 0 saturated heterocycles. The summed E-state index contributed by atoms with van der Waals surface area (Å²) >= 11 is 1.74. The molecule has 0 amide bonds. The van der Waals surface area contributed by atoms with Crippen molar-refractivity contribution in [2.24, 2.45) is 11.7 Å². The zero-order valence-electron chi connectivity index (χ0n) is 11.5. The molecule has 3 nitrogen and oxygen atoms in total. The third-order valence-electron chi connectivity index (χ3n) is 3.91. The van der Waals surface area contributed by atoms with Crippen molar-refractivity contribution in [3.8, 4) is 0 Å². The Morgan fingerprint density at radius 3 is 2.94 bits per heavy atom. The van der Waals surface area contributed by atoms with Crippen molar-refractivity contribution in [2.45, 2.75) is 58.0 Å². The van der Waals surface area contributed by atoms with Crippen LogP contribution in [-0.2, 0) is 0 Å². The van der Waals surface area contributed by atoms with Gasteiger partial charge in [0.05, 0.1) is 6.04 Å². The van der Waals surface area contributed by atoms with Crippen molar-refractivity contribution < 1.29 is 0 Å². The maximum absolute atomic E-state index is 6.25. The fourth-order valence-electron chi connectivity index (χ4n) is 2.65. The van der Waals surface area contributed by atoms with Crippen LogP contribution in [0.4, 0.5) is 0 Å². The third-order valence-corrected chi connectivity index (χ3v) is 5.06. The Morgan fingerprint density at radius 1 is 1.44 bits per heavy atom. The lowest BCUT2D eigenvalue weighted by Gasteiger charge is -2.23. The Labute approximate surface area is 114 Å². The molecule has 3 unspecified atom stereocenters. The number of nitrogens with zero attached hydrogens (tertiary/aromatic N) is 1. The molecule has 0 aliphatic heterocycles. The summed E-state index contributed by atoms with van der Waals surface area (Å²) in [6, 6.07) is 0.726. The lowest BCUT2D eigenvalue weighted by Crippen LogP contribution is -2.37. The van der Waals surface area contributed by atoms with Crippen LogP contribution >= 0.6 is 11.3 Å². The van der Waals surface area contributed by atoms with Gasteiger partial charge in [-0.1, -0.05) is 19.3 Å². The van der Waals surface area contributed by atoms with Crippen molar-refractivity contribution in [2.75, 3.05) is 6.54 Å². The molecule has 0 spiro atoms. The summed E-state index contributed by atoms with van der Waals surface area (Å²) in [6.45, 7) is 5.27. The second-order valence-corrected chi connectivity index (χ2v) is 6.41. The first kappa shape index (κ1) is 14.0. The average molecular weight is 267 g/mol. The fraction of sp³-hybridized carbons (Fsp3) is 0.786. The van der Waals surface area contributed by atoms with E-state index in [2.05, 4.69) is 22.6 Å². The van der Waals surface area contributed by atoms with Crippen molar-refractivity contribution in [3.05, 3.63) is 16.1 Å². The topological polar surface area (TPSA) is 50.9 Å². The second-order valence-electron chi connectivity index (χ2n) is 5.52. The summed E-state index contributed by atoms with van der Waals surface area (Å²) in [5, 5.41) is 6.91. The van der Waals surface area contributed by atoms with Gasteiger partial charge in [-0.25, -0.2) is 4.98 Å². The monoisotopic (exact) mass is 267 g/mol. The van der Waals surface area contributed by atoms with Gasteiger partial charge in [-0.05, 0) is 32.6 Å². The SMILES string of the molecule is Cc1csc(C(C)NCC2CCCCCC2N)n1. The highest BCUT2D eigenvalue weighted by atomic mass is 32.1. The van der Waals surface area contributed by atoms with Crippen LogP contribution in [0.25, 0.3) is 0 Å². The molecular formula is C14H25N3S. The van der Waals surface area contributed by atoms with Crippen molar-refractivity contribution in [1.82, 2.24) is 10.3 Å². The van der Waals surface area contributed by atoms with Crippen LogP contribution in [0.1, 0.15) is 55.8 Å². The molecule has 1 heterocycles. The average Bonchev–Trinajstić information content (AvgIpc) is 2.68. The minimum atomic E-state index is 0.346. The first-order chi connectivity index (χ1) is 8.66. The van der Waals surface area contributed by atoms with Crippen LogP contribution in [0.15, 0.2) is 5.38 Å². The van der Waals surface area contributed by atoms with Crippen LogP contribution in [0.3, 0.4) is 0 Å². The summed E-state index contributed by atoms with van der Waals surface area (Å²) in [5.74, 6) is 0.635. The number of aryl methyl sites for hydroxylation is 1. The van der Waals surface area contributed by atoms with E-state index < -0.39 is 0 Å². The Balaban J connectivity index is 1.82. The van der Waals surface area contributed by atoms with Crippen molar-refractivity contribution in [1.29, 1.82) is 0 Å². The van der Waals surface area contributed by atoms with E-state index in [0.717, 1.165) is 12.2 Å². The summed E-state index contributed by atoms with van der Waals surface area (Å²) < 4.78 is 0. The predicted molar refractivity (Wildman–Crippen MR) is 77.8 cm³/mol. The first-order valence-electron chi connectivity index (χ1n) is 7.08. The Bertz CT molecular complexity index is 364. The van der Waals surface area contributed by atoms with E-state index in [-0.39, 0.29) is 0 Å². The van der Waals surface area contributed by atoms with Gasteiger partial charge in [0.2, 0.25) is 0 Å². The van der Waals surface area contributed by atoms with Gasteiger partial charge in [-0.2, -0.15) is 0 Å². The van der Waals surface area contributed by atoms with Crippen LogP contribution in [0.2, 0.25) is 0 Å². The summed E-state index contributed by atoms with van der Waals surface area (Å²) in [4.78, 5) is 4.54. The molecule has 1 fully saturated rings. The van der Waals surface area contributed by atoms with Crippen LogP contribution in [0.5, 0.6) is 0 Å². The Hall–Kier alpha value is -0.450. The van der Waals surface area contributed by atoms with E-state index >= 15 is 0 Å². The number of thiazole rings is 1. The smallest absolute Gasteiger partial charge is 0.110 e. The molecule has 3 N–H and O–H groups in total. The number of hydrogen-bond donors (Lipinski definition) is 2. The summed E-state index contributed by atoms with van der Waals surface area (Å²) in [7, 11) is 0. The molecule has 1 aromatic heterocycles. The number of nitrogens with two attached hydrogens (primary N) is 1. The molecular weight excluding hydrogens is 242 g/mol. The van der Waals surface area contributed by atoms with Crippen LogP contribution < -0.4 is 11.1 Å². The van der Waals surface area contributed by atoms with E-state index in [9.17, 15) is 0 Å². The maximum Gasteiger partial charge on any atom is 0.110 e. The second kappa shape index (κ2) is 6.64. The minimum absolute atomic E-state index is 0.346.